The average molecular weight is 440 g/mol. The normalized spacial score (nSPS) is 10.1. The van der Waals surface area contributed by atoms with Crippen molar-refractivity contribution < 1.29 is 32.7 Å². The highest BCUT2D eigenvalue weighted by Crippen LogP contribution is 2.13. The van der Waals surface area contributed by atoms with Crippen molar-refractivity contribution in [2.45, 2.75) is 6.61 Å². The molecule has 32 heavy (non-hydrogen) atoms. The summed E-state index contributed by atoms with van der Waals surface area (Å²) in [7, 11) is 0. The van der Waals surface area contributed by atoms with Crippen molar-refractivity contribution >= 4 is 23.6 Å². The lowest BCUT2D eigenvalue weighted by Gasteiger charge is -2.08. The molecule has 2 heterocycles. The predicted octanol–water partition coefficient (Wildman–Crippen LogP) is 0.759. The smallest absolute Gasteiger partial charge is 0.305 e. The first kappa shape index (κ1) is 22.2. The van der Waals surface area contributed by atoms with Crippen LogP contribution in [0.1, 0.15) is 26.9 Å². The van der Waals surface area contributed by atoms with Crippen molar-refractivity contribution in [1.82, 2.24) is 21.5 Å². The number of benzene rings is 1. The van der Waals surface area contributed by atoms with Gasteiger partial charge in [-0.05, 0) is 36.4 Å². The topological polar surface area (TPSA) is 152 Å². The van der Waals surface area contributed by atoms with Crippen molar-refractivity contribution in [1.29, 1.82) is 0 Å². The summed E-state index contributed by atoms with van der Waals surface area (Å²) in [6.45, 7) is -0.629. The van der Waals surface area contributed by atoms with E-state index in [9.17, 15) is 19.2 Å². The lowest BCUT2D eigenvalue weighted by molar-refractivity contribution is -0.125. The van der Waals surface area contributed by atoms with Gasteiger partial charge in [-0.2, -0.15) is 0 Å². The zero-order valence-corrected chi connectivity index (χ0v) is 16.8. The van der Waals surface area contributed by atoms with Gasteiger partial charge in [-0.3, -0.25) is 30.0 Å². The summed E-state index contributed by atoms with van der Waals surface area (Å²) in [5.74, 6) is -1.40. The maximum Gasteiger partial charge on any atom is 0.305 e. The summed E-state index contributed by atoms with van der Waals surface area (Å²) in [5.41, 5.74) is 4.32. The highest BCUT2D eigenvalue weighted by Gasteiger charge is 2.14. The van der Waals surface area contributed by atoms with E-state index in [1.165, 1.54) is 24.5 Å². The Kier molecular flexibility index (Phi) is 7.63. The zero-order chi connectivity index (χ0) is 22.8. The maximum atomic E-state index is 12.1. The monoisotopic (exact) mass is 440 g/mol. The van der Waals surface area contributed by atoms with E-state index in [2.05, 4.69) is 21.5 Å². The van der Waals surface area contributed by atoms with Crippen LogP contribution in [0.4, 0.5) is 0 Å². The van der Waals surface area contributed by atoms with Gasteiger partial charge in [0.2, 0.25) is 5.91 Å². The van der Waals surface area contributed by atoms with Crippen molar-refractivity contribution in [3.8, 4) is 5.75 Å². The summed E-state index contributed by atoms with van der Waals surface area (Å²) >= 11 is 0. The quantitative estimate of drug-likeness (QED) is 0.359. The lowest BCUT2D eigenvalue weighted by Crippen LogP contribution is -2.47. The fourth-order valence-corrected chi connectivity index (χ4v) is 2.38. The number of amides is 4. The number of carbonyl (C=O) groups is 4. The van der Waals surface area contributed by atoms with Crippen LogP contribution in [0.15, 0.2) is 69.7 Å². The molecule has 4 N–H and O–H groups in total. The van der Waals surface area contributed by atoms with Crippen LogP contribution in [0.3, 0.4) is 0 Å². The van der Waals surface area contributed by atoms with Gasteiger partial charge in [-0.15, -0.1) is 0 Å². The van der Waals surface area contributed by atoms with Gasteiger partial charge < -0.3 is 24.2 Å². The van der Waals surface area contributed by atoms with Crippen LogP contribution in [-0.4, -0.2) is 36.7 Å². The summed E-state index contributed by atoms with van der Waals surface area (Å²) in [5, 5.41) is 4.63. The molecule has 0 atom stereocenters. The molecule has 0 fully saturated rings. The second-order valence-corrected chi connectivity index (χ2v) is 6.31. The predicted molar refractivity (Wildman–Crippen MR) is 109 cm³/mol. The molecule has 2 aromatic heterocycles. The van der Waals surface area contributed by atoms with E-state index in [1.54, 1.807) is 18.2 Å². The van der Waals surface area contributed by atoms with Gasteiger partial charge in [-0.25, -0.2) is 0 Å². The van der Waals surface area contributed by atoms with Crippen LogP contribution >= 0.6 is 0 Å². The molecule has 0 aliphatic heterocycles. The number of furan rings is 2. The lowest BCUT2D eigenvalue weighted by atomic mass is 10.3. The Morgan fingerprint density at radius 2 is 1.53 bits per heavy atom. The Morgan fingerprint density at radius 1 is 0.750 bits per heavy atom. The third-order valence-electron chi connectivity index (χ3n) is 3.93. The highest BCUT2D eigenvalue weighted by atomic mass is 16.5. The largest absolute Gasteiger partial charge is 0.486 e. The molecule has 0 bridgehead atoms. The molecule has 0 aliphatic rings. The standard InChI is InChI=1S/C21H20N4O7/c26-18(11-23-20(28)16-7-4-10-30-16)22-12-19(27)24-25-21(29)17-9-8-15(32-17)13-31-14-5-2-1-3-6-14/h1-10H,11-13H2,(H,22,26)(H,23,28)(H,24,27)(H,25,29). The number of rotatable bonds is 9. The van der Waals surface area contributed by atoms with Gasteiger partial charge >= 0.3 is 5.91 Å². The number of nitrogens with one attached hydrogen (secondary N) is 4. The first-order valence-corrected chi connectivity index (χ1v) is 9.45. The van der Waals surface area contributed by atoms with Crippen LogP contribution in [0.2, 0.25) is 0 Å². The van der Waals surface area contributed by atoms with Crippen molar-refractivity contribution in [3.63, 3.8) is 0 Å². The minimum Gasteiger partial charge on any atom is -0.486 e. The molecule has 0 spiro atoms. The highest BCUT2D eigenvalue weighted by molar-refractivity contribution is 5.95. The van der Waals surface area contributed by atoms with Crippen LogP contribution < -0.4 is 26.2 Å². The number of hydrogen-bond acceptors (Lipinski definition) is 7. The Bertz CT molecular complexity index is 1060. The number of ether oxygens (including phenoxy) is 1. The summed E-state index contributed by atoms with van der Waals surface area (Å²) < 4.78 is 15.8. The number of para-hydroxylation sites is 1. The molecule has 3 aromatic rings. The minimum atomic E-state index is -0.679. The van der Waals surface area contributed by atoms with Gasteiger partial charge in [0.15, 0.2) is 11.5 Å². The number of carbonyl (C=O) groups excluding carboxylic acids is 4. The van der Waals surface area contributed by atoms with Crippen LogP contribution in [0.5, 0.6) is 5.75 Å². The molecule has 0 radical (unpaired) electrons. The molecular weight excluding hydrogens is 420 g/mol. The third kappa shape index (κ3) is 6.76. The van der Waals surface area contributed by atoms with E-state index in [-0.39, 0.29) is 24.7 Å². The van der Waals surface area contributed by atoms with Gasteiger partial charge in [0, 0.05) is 0 Å². The second-order valence-electron chi connectivity index (χ2n) is 6.31. The van der Waals surface area contributed by atoms with Crippen molar-refractivity contribution in [3.05, 3.63) is 78.1 Å². The SMILES string of the molecule is O=C(CNC(=O)c1ccco1)NCC(=O)NNC(=O)c1ccc(COc2ccccc2)o1. The second kappa shape index (κ2) is 11.0. The Morgan fingerprint density at radius 3 is 2.28 bits per heavy atom. The fraction of sp³-hybridized carbons (Fsp3) is 0.143. The third-order valence-corrected chi connectivity index (χ3v) is 3.93. The maximum absolute atomic E-state index is 12.1. The zero-order valence-electron chi connectivity index (χ0n) is 16.8. The van der Waals surface area contributed by atoms with Gasteiger partial charge in [-0.1, -0.05) is 18.2 Å². The minimum absolute atomic E-state index is 0.0263. The van der Waals surface area contributed by atoms with Gasteiger partial charge in [0.1, 0.15) is 18.1 Å². The summed E-state index contributed by atoms with van der Waals surface area (Å²) in [6.07, 6.45) is 1.33. The summed E-state index contributed by atoms with van der Waals surface area (Å²) in [4.78, 5) is 47.2. The van der Waals surface area contributed by atoms with Crippen molar-refractivity contribution in [2.24, 2.45) is 0 Å². The molecular formula is C21H20N4O7. The van der Waals surface area contributed by atoms with E-state index in [0.29, 0.717) is 11.5 Å². The molecule has 11 nitrogen and oxygen atoms in total. The molecule has 166 valence electrons. The van der Waals surface area contributed by atoms with Gasteiger partial charge in [0.05, 0.1) is 19.4 Å². The summed E-state index contributed by atoms with van der Waals surface area (Å²) in [6, 6.07) is 15.1. The van der Waals surface area contributed by atoms with E-state index in [1.807, 2.05) is 18.2 Å². The van der Waals surface area contributed by atoms with Crippen LogP contribution in [0.25, 0.3) is 0 Å². The van der Waals surface area contributed by atoms with E-state index >= 15 is 0 Å². The first-order valence-electron chi connectivity index (χ1n) is 9.45. The van der Waals surface area contributed by atoms with Crippen LogP contribution in [-0.2, 0) is 16.2 Å². The molecule has 4 amide bonds. The van der Waals surface area contributed by atoms with Crippen LogP contribution in [0, 0.1) is 0 Å². The Labute approximate surface area is 182 Å². The molecule has 0 aliphatic carbocycles. The average Bonchev–Trinajstić information content (AvgIpc) is 3.51. The molecule has 3 rings (SSSR count). The molecule has 0 saturated carbocycles. The Hall–Kier alpha value is -4.54. The fourth-order valence-electron chi connectivity index (χ4n) is 2.38. The van der Waals surface area contributed by atoms with E-state index < -0.39 is 30.2 Å². The number of hydrazine groups is 1. The van der Waals surface area contributed by atoms with Gasteiger partial charge in [0.25, 0.3) is 11.8 Å². The van der Waals surface area contributed by atoms with E-state index in [0.717, 1.165) is 0 Å². The molecule has 11 heteroatoms. The van der Waals surface area contributed by atoms with Crippen molar-refractivity contribution in [2.75, 3.05) is 13.1 Å². The first-order chi connectivity index (χ1) is 15.5. The Balaban J connectivity index is 1.33. The molecule has 1 aromatic carbocycles. The molecule has 0 unspecified atom stereocenters. The molecule has 0 saturated heterocycles. The number of hydrogen-bond donors (Lipinski definition) is 4. The van der Waals surface area contributed by atoms with E-state index in [4.69, 9.17) is 13.6 Å².